The Morgan fingerprint density at radius 2 is 1.97 bits per heavy atom. The molecular formula is C23H30N4O2. The fourth-order valence-electron chi connectivity index (χ4n) is 4.58. The van der Waals surface area contributed by atoms with Crippen LogP contribution in [-0.2, 0) is 11.2 Å². The first kappa shape index (κ1) is 19.8. The molecule has 6 nitrogen and oxygen atoms in total. The molecule has 29 heavy (non-hydrogen) atoms. The van der Waals surface area contributed by atoms with E-state index in [0.29, 0.717) is 11.8 Å². The number of anilines is 1. The first-order valence-electron chi connectivity index (χ1n) is 10.5. The van der Waals surface area contributed by atoms with Crippen LogP contribution in [0.3, 0.4) is 0 Å². The van der Waals surface area contributed by atoms with Crippen molar-refractivity contribution in [3.8, 4) is 5.88 Å². The summed E-state index contributed by atoms with van der Waals surface area (Å²) < 4.78 is 5.58. The van der Waals surface area contributed by atoms with Gasteiger partial charge in [-0.3, -0.25) is 14.7 Å². The highest BCUT2D eigenvalue weighted by Crippen LogP contribution is 2.33. The first-order chi connectivity index (χ1) is 13.9. The maximum atomic E-state index is 11.8. The molecular weight excluding hydrogens is 364 g/mol. The largest absolute Gasteiger partial charge is 0.466 e. The summed E-state index contributed by atoms with van der Waals surface area (Å²) in [5, 5.41) is 0. The van der Waals surface area contributed by atoms with Crippen molar-refractivity contribution in [2.75, 3.05) is 31.6 Å². The summed E-state index contributed by atoms with van der Waals surface area (Å²) in [5.41, 5.74) is 5.34. The van der Waals surface area contributed by atoms with Gasteiger partial charge in [-0.2, -0.15) is 0 Å². The van der Waals surface area contributed by atoms with E-state index in [1.54, 1.807) is 11.9 Å². The van der Waals surface area contributed by atoms with Gasteiger partial charge in [0.1, 0.15) is 5.69 Å². The SMILES string of the molecule is Cc1cc(CC2CCCN(C(C)c3ccc4c(n3)OCC(=O)N4C)C2)cc(C)n1. The van der Waals surface area contributed by atoms with Gasteiger partial charge in [-0.1, -0.05) is 0 Å². The molecule has 0 aromatic carbocycles. The molecule has 1 fully saturated rings. The van der Waals surface area contributed by atoms with Crippen LogP contribution in [0.4, 0.5) is 5.69 Å². The molecule has 0 spiro atoms. The molecule has 0 saturated carbocycles. The normalized spacial score (nSPS) is 20.9. The van der Waals surface area contributed by atoms with Gasteiger partial charge in [-0.25, -0.2) is 4.98 Å². The summed E-state index contributed by atoms with van der Waals surface area (Å²) in [4.78, 5) is 25.2. The predicted octanol–water partition coefficient (Wildman–Crippen LogP) is 3.46. The highest BCUT2D eigenvalue weighted by Gasteiger charge is 2.28. The van der Waals surface area contributed by atoms with E-state index in [1.807, 2.05) is 12.1 Å². The Bertz CT molecular complexity index is 893. The lowest BCUT2D eigenvalue weighted by atomic mass is 9.90. The van der Waals surface area contributed by atoms with Crippen molar-refractivity contribution in [1.82, 2.24) is 14.9 Å². The molecule has 0 N–H and O–H groups in total. The van der Waals surface area contributed by atoms with Crippen LogP contribution in [0.2, 0.25) is 0 Å². The van der Waals surface area contributed by atoms with Gasteiger partial charge in [0.25, 0.3) is 5.91 Å². The number of carbonyl (C=O) groups is 1. The molecule has 4 rings (SSSR count). The zero-order chi connectivity index (χ0) is 20.5. The summed E-state index contributed by atoms with van der Waals surface area (Å²) in [5.74, 6) is 1.17. The van der Waals surface area contributed by atoms with Crippen LogP contribution in [0.25, 0.3) is 0 Å². The Morgan fingerprint density at radius 3 is 2.72 bits per heavy atom. The molecule has 0 aliphatic carbocycles. The summed E-state index contributed by atoms with van der Waals surface area (Å²) in [6.07, 6.45) is 3.56. The summed E-state index contributed by atoms with van der Waals surface area (Å²) in [6, 6.07) is 8.64. The first-order valence-corrected chi connectivity index (χ1v) is 10.5. The fourth-order valence-corrected chi connectivity index (χ4v) is 4.58. The number of pyridine rings is 2. The molecule has 2 aliphatic heterocycles. The number of hydrogen-bond acceptors (Lipinski definition) is 5. The summed E-state index contributed by atoms with van der Waals surface area (Å²) >= 11 is 0. The minimum Gasteiger partial charge on any atom is -0.466 e. The third kappa shape index (κ3) is 4.27. The number of fused-ring (bicyclic) bond motifs is 1. The average molecular weight is 395 g/mol. The van der Waals surface area contributed by atoms with Crippen LogP contribution >= 0.6 is 0 Å². The highest BCUT2D eigenvalue weighted by molar-refractivity contribution is 5.96. The third-order valence-electron chi connectivity index (χ3n) is 6.12. The van der Waals surface area contributed by atoms with Crippen molar-refractivity contribution < 1.29 is 9.53 Å². The van der Waals surface area contributed by atoms with Crippen molar-refractivity contribution in [2.24, 2.45) is 5.92 Å². The van der Waals surface area contributed by atoms with E-state index in [9.17, 15) is 4.79 Å². The van der Waals surface area contributed by atoms with Gasteiger partial charge in [0.05, 0.1) is 5.69 Å². The second kappa shape index (κ2) is 8.11. The lowest BCUT2D eigenvalue weighted by Gasteiger charge is -2.37. The number of hydrogen-bond donors (Lipinski definition) is 0. The highest BCUT2D eigenvalue weighted by atomic mass is 16.5. The standard InChI is InChI=1S/C23H30N4O2/c1-15-10-19(11-16(2)24-15)12-18-6-5-9-27(13-18)17(3)20-7-8-21-23(25-20)29-14-22(28)26(21)4/h7-8,10-11,17-18H,5-6,9,12-14H2,1-4H3. The molecule has 2 unspecified atom stereocenters. The number of amides is 1. The van der Waals surface area contributed by atoms with E-state index in [4.69, 9.17) is 9.72 Å². The van der Waals surface area contributed by atoms with Crippen molar-refractivity contribution in [2.45, 2.75) is 46.1 Å². The molecule has 1 saturated heterocycles. The van der Waals surface area contributed by atoms with Gasteiger partial charge in [0.15, 0.2) is 6.61 Å². The summed E-state index contributed by atoms with van der Waals surface area (Å²) in [7, 11) is 1.77. The smallest absolute Gasteiger partial charge is 0.264 e. The topological polar surface area (TPSA) is 58.6 Å². The van der Waals surface area contributed by atoms with Crippen molar-refractivity contribution in [1.29, 1.82) is 0 Å². The number of rotatable bonds is 4. The maximum Gasteiger partial charge on any atom is 0.264 e. The average Bonchev–Trinajstić information content (AvgIpc) is 2.69. The van der Waals surface area contributed by atoms with Crippen LogP contribution < -0.4 is 9.64 Å². The Morgan fingerprint density at radius 1 is 1.21 bits per heavy atom. The maximum absolute atomic E-state index is 11.8. The van der Waals surface area contributed by atoms with Gasteiger partial charge >= 0.3 is 0 Å². The lowest BCUT2D eigenvalue weighted by molar-refractivity contribution is -0.121. The van der Waals surface area contributed by atoms with Crippen molar-refractivity contribution in [3.05, 3.63) is 46.9 Å². The molecule has 6 heteroatoms. The van der Waals surface area contributed by atoms with Crippen LogP contribution in [-0.4, -0.2) is 47.5 Å². The Balaban J connectivity index is 1.46. The van der Waals surface area contributed by atoms with Crippen LogP contribution in [0.1, 0.15) is 48.5 Å². The van der Waals surface area contributed by atoms with Crippen LogP contribution in [0, 0.1) is 19.8 Å². The molecule has 0 bridgehead atoms. The van der Waals surface area contributed by atoms with Gasteiger partial charge in [0.2, 0.25) is 5.88 Å². The van der Waals surface area contributed by atoms with Crippen molar-refractivity contribution >= 4 is 11.6 Å². The Labute approximate surface area is 172 Å². The number of aryl methyl sites for hydroxylation is 2. The molecule has 2 aromatic rings. The second-order valence-electron chi connectivity index (χ2n) is 8.44. The van der Waals surface area contributed by atoms with E-state index >= 15 is 0 Å². The number of likely N-dealkylation sites (N-methyl/N-ethyl adjacent to an activating group) is 1. The van der Waals surface area contributed by atoms with Gasteiger partial charge in [0, 0.05) is 31.0 Å². The van der Waals surface area contributed by atoms with Gasteiger partial charge < -0.3 is 9.64 Å². The number of nitrogens with zero attached hydrogens (tertiary/aromatic N) is 4. The third-order valence-corrected chi connectivity index (χ3v) is 6.12. The molecule has 2 aromatic heterocycles. The fraction of sp³-hybridized carbons (Fsp3) is 0.522. The molecule has 2 aliphatic rings. The monoisotopic (exact) mass is 394 g/mol. The lowest BCUT2D eigenvalue weighted by Crippen LogP contribution is -2.39. The van der Waals surface area contributed by atoms with Crippen molar-refractivity contribution in [3.63, 3.8) is 0 Å². The Kier molecular flexibility index (Phi) is 5.54. The molecule has 4 heterocycles. The van der Waals surface area contributed by atoms with Gasteiger partial charge in [-0.05, 0) is 82.3 Å². The number of piperidine rings is 1. The number of ether oxygens (including phenoxy) is 1. The van der Waals surface area contributed by atoms with Crippen LogP contribution in [0.5, 0.6) is 5.88 Å². The van der Waals surface area contributed by atoms with E-state index in [-0.39, 0.29) is 18.6 Å². The molecule has 1 amide bonds. The Hall–Kier alpha value is -2.47. The number of likely N-dealkylation sites (tertiary alicyclic amines) is 1. The van der Waals surface area contributed by atoms with Gasteiger partial charge in [-0.15, -0.1) is 0 Å². The quantitative estimate of drug-likeness (QED) is 0.795. The predicted molar refractivity (Wildman–Crippen MR) is 113 cm³/mol. The second-order valence-corrected chi connectivity index (χ2v) is 8.44. The van der Waals surface area contributed by atoms with E-state index in [2.05, 4.69) is 42.8 Å². The van der Waals surface area contributed by atoms with E-state index in [0.717, 1.165) is 42.3 Å². The summed E-state index contributed by atoms with van der Waals surface area (Å²) in [6.45, 7) is 8.57. The molecule has 0 radical (unpaired) electrons. The van der Waals surface area contributed by atoms with E-state index in [1.165, 1.54) is 18.4 Å². The zero-order valence-corrected chi connectivity index (χ0v) is 17.8. The van der Waals surface area contributed by atoms with Crippen LogP contribution in [0.15, 0.2) is 24.3 Å². The molecule has 2 atom stereocenters. The minimum atomic E-state index is -0.0412. The minimum absolute atomic E-state index is 0.0412. The molecule has 154 valence electrons. The zero-order valence-electron chi connectivity index (χ0n) is 17.8. The number of aromatic nitrogens is 2. The van der Waals surface area contributed by atoms with E-state index < -0.39 is 0 Å². The number of carbonyl (C=O) groups excluding carboxylic acids is 1.